The van der Waals surface area contributed by atoms with E-state index >= 15 is 0 Å². The Morgan fingerprint density at radius 1 is 1.33 bits per heavy atom. The van der Waals surface area contributed by atoms with Crippen molar-refractivity contribution in [1.82, 2.24) is 4.98 Å². The van der Waals surface area contributed by atoms with E-state index in [0.717, 1.165) is 10.2 Å². The van der Waals surface area contributed by atoms with E-state index < -0.39 is 0 Å². The first-order chi connectivity index (χ1) is 8.69. The number of nitrogens with two attached hydrogens (primary N) is 1. The van der Waals surface area contributed by atoms with Crippen molar-refractivity contribution in [3.63, 3.8) is 0 Å². The number of anilines is 1. The number of pyridine rings is 1. The molecule has 0 aliphatic rings. The second kappa shape index (κ2) is 5.75. The largest absolute Gasteiger partial charge is 0.325 e. The third-order valence-electron chi connectivity index (χ3n) is 2.37. The minimum Gasteiger partial charge on any atom is -0.325 e. The molecule has 0 spiro atoms. The lowest BCUT2D eigenvalue weighted by Crippen LogP contribution is -2.13. The number of carbonyl (C=O) groups excluding carboxylic acids is 1. The standard InChI is InChI=1S/C13H12BrN3O/c14-10-2-1-3-11(7-10)17-13(18)9-4-5-16-12(6-9)8-15/h1-7H,8,15H2,(H,17,18). The van der Waals surface area contributed by atoms with E-state index in [1.165, 1.54) is 0 Å². The van der Waals surface area contributed by atoms with Crippen LogP contribution in [0.2, 0.25) is 0 Å². The topological polar surface area (TPSA) is 68.0 Å². The Kier molecular flexibility index (Phi) is 4.07. The first-order valence-corrected chi connectivity index (χ1v) is 6.20. The summed E-state index contributed by atoms with van der Waals surface area (Å²) in [6, 6.07) is 10.8. The summed E-state index contributed by atoms with van der Waals surface area (Å²) < 4.78 is 0.915. The van der Waals surface area contributed by atoms with Gasteiger partial charge in [0.1, 0.15) is 0 Å². The van der Waals surface area contributed by atoms with Crippen LogP contribution in [0.5, 0.6) is 0 Å². The Balaban J connectivity index is 2.16. The van der Waals surface area contributed by atoms with Gasteiger partial charge in [-0.1, -0.05) is 22.0 Å². The second-order valence-corrected chi connectivity index (χ2v) is 4.62. The van der Waals surface area contributed by atoms with Crippen molar-refractivity contribution in [3.05, 3.63) is 58.3 Å². The fourth-order valence-electron chi connectivity index (χ4n) is 1.50. The van der Waals surface area contributed by atoms with Crippen molar-refractivity contribution in [3.8, 4) is 0 Å². The van der Waals surface area contributed by atoms with Crippen LogP contribution in [0.15, 0.2) is 47.1 Å². The number of hydrogen-bond donors (Lipinski definition) is 2. The van der Waals surface area contributed by atoms with Gasteiger partial charge >= 0.3 is 0 Å². The molecule has 0 bridgehead atoms. The van der Waals surface area contributed by atoms with Gasteiger partial charge in [-0.2, -0.15) is 0 Å². The van der Waals surface area contributed by atoms with Gasteiger partial charge in [-0.05, 0) is 30.3 Å². The zero-order chi connectivity index (χ0) is 13.0. The van der Waals surface area contributed by atoms with Gasteiger partial charge in [-0.15, -0.1) is 0 Å². The number of nitrogens with zero attached hydrogens (tertiary/aromatic N) is 1. The lowest BCUT2D eigenvalue weighted by Gasteiger charge is -2.06. The van der Waals surface area contributed by atoms with E-state index in [9.17, 15) is 4.79 Å². The molecule has 0 aliphatic carbocycles. The van der Waals surface area contributed by atoms with Crippen LogP contribution >= 0.6 is 15.9 Å². The molecule has 92 valence electrons. The zero-order valence-electron chi connectivity index (χ0n) is 9.56. The monoisotopic (exact) mass is 305 g/mol. The summed E-state index contributed by atoms with van der Waals surface area (Å²) in [6.45, 7) is 0.317. The highest BCUT2D eigenvalue weighted by Crippen LogP contribution is 2.16. The lowest BCUT2D eigenvalue weighted by molar-refractivity contribution is 0.102. The van der Waals surface area contributed by atoms with Crippen molar-refractivity contribution in [1.29, 1.82) is 0 Å². The van der Waals surface area contributed by atoms with Crippen molar-refractivity contribution >= 4 is 27.5 Å². The second-order valence-electron chi connectivity index (χ2n) is 3.70. The van der Waals surface area contributed by atoms with Crippen LogP contribution in [0.3, 0.4) is 0 Å². The van der Waals surface area contributed by atoms with Crippen LogP contribution in [-0.2, 0) is 6.54 Å². The van der Waals surface area contributed by atoms with Crippen LogP contribution in [-0.4, -0.2) is 10.9 Å². The van der Waals surface area contributed by atoms with Crippen molar-refractivity contribution in [2.45, 2.75) is 6.54 Å². The van der Waals surface area contributed by atoms with Gasteiger partial charge in [0.25, 0.3) is 5.91 Å². The molecule has 18 heavy (non-hydrogen) atoms. The lowest BCUT2D eigenvalue weighted by atomic mass is 10.2. The Morgan fingerprint density at radius 2 is 2.17 bits per heavy atom. The minimum absolute atomic E-state index is 0.176. The Labute approximate surface area is 113 Å². The van der Waals surface area contributed by atoms with E-state index in [-0.39, 0.29) is 5.91 Å². The Bertz CT molecular complexity index is 572. The number of rotatable bonds is 3. The third-order valence-corrected chi connectivity index (χ3v) is 2.86. The summed E-state index contributed by atoms with van der Waals surface area (Å²) in [5.41, 5.74) is 7.47. The number of amides is 1. The first-order valence-electron chi connectivity index (χ1n) is 5.41. The molecule has 0 aliphatic heterocycles. The van der Waals surface area contributed by atoms with E-state index in [1.54, 1.807) is 18.3 Å². The Hall–Kier alpha value is -1.72. The van der Waals surface area contributed by atoms with Crippen molar-refractivity contribution in [2.75, 3.05) is 5.32 Å². The smallest absolute Gasteiger partial charge is 0.255 e. The molecule has 3 N–H and O–H groups in total. The zero-order valence-corrected chi connectivity index (χ0v) is 11.1. The third kappa shape index (κ3) is 3.15. The molecule has 0 fully saturated rings. The summed E-state index contributed by atoms with van der Waals surface area (Å²) in [4.78, 5) is 16.0. The van der Waals surface area contributed by atoms with Crippen molar-refractivity contribution in [2.24, 2.45) is 5.73 Å². The number of hydrogen-bond acceptors (Lipinski definition) is 3. The van der Waals surface area contributed by atoms with Gasteiger partial charge in [0.2, 0.25) is 0 Å². The molecule has 2 rings (SSSR count). The summed E-state index contributed by atoms with van der Waals surface area (Å²) >= 11 is 3.35. The first kappa shape index (κ1) is 12.7. The molecule has 5 heteroatoms. The predicted octanol–water partition coefficient (Wildman–Crippen LogP) is 2.56. The molecule has 1 amide bonds. The number of nitrogens with one attached hydrogen (secondary N) is 1. The van der Waals surface area contributed by atoms with Crippen LogP contribution < -0.4 is 11.1 Å². The van der Waals surface area contributed by atoms with Crippen molar-refractivity contribution < 1.29 is 4.79 Å². The van der Waals surface area contributed by atoms with Crippen LogP contribution in [0, 0.1) is 0 Å². The average molecular weight is 306 g/mol. The highest BCUT2D eigenvalue weighted by atomic mass is 79.9. The molecule has 0 saturated heterocycles. The van der Waals surface area contributed by atoms with E-state index in [1.807, 2.05) is 24.3 Å². The van der Waals surface area contributed by atoms with E-state index in [4.69, 9.17) is 5.73 Å². The molecule has 0 unspecified atom stereocenters. The van der Waals surface area contributed by atoms with Crippen LogP contribution in [0.4, 0.5) is 5.69 Å². The fraction of sp³-hybridized carbons (Fsp3) is 0.0769. The van der Waals surface area contributed by atoms with Gasteiger partial charge in [0.05, 0.1) is 5.69 Å². The number of halogens is 1. The molecule has 2 aromatic rings. The van der Waals surface area contributed by atoms with Crippen LogP contribution in [0.1, 0.15) is 16.1 Å². The maximum absolute atomic E-state index is 12.0. The maximum atomic E-state index is 12.0. The molecule has 0 saturated carbocycles. The molecular formula is C13H12BrN3O. The van der Waals surface area contributed by atoms with E-state index in [2.05, 4.69) is 26.2 Å². The maximum Gasteiger partial charge on any atom is 0.255 e. The SMILES string of the molecule is NCc1cc(C(=O)Nc2cccc(Br)c2)ccn1. The highest BCUT2D eigenvalue weighted by molar-refractivity contribution is 9.10. The van der Waals surface area contributed by atoms with Gasteiger partial charge < -0.3 is 11.1 Å². The van der Waals surface area contributed by atoms with Crippen LogP contribution in [0.25, 0.3) is 0 Å². The van der Waals surface area contributed by atoms with Gasteiger partial charge in [0.15, 0.2) is 0 Å². The van der Waals surface area contributed by atoms with Gasteiger partial charge in [-0.3, -0.25) is 9.78 Å². The van der Waals surface area contributed by atoms with Gasteiger partial charge in [-0.25, -0.2) is 0 Å². The molecular weight excluding hydrogens is 294 g/mol. The summed E-state index contributed by atoms with van der Waals surface area (Å²) in [5.74, 6) is -0.176. The molecule has 4 nitrogen and oxygen atoms in total. The Morgan fingerprint density at radius 3 is 2.89 bits per heavy atom. The summed E-state index contributed by atoms with van der Waals surface area (Å²) in [7, 11) is 0. The minimum atomic E-state index is -0.176. The summed E-state index contributed by atoms with van der Waals surface area (Å²) in [6.07, 6.45) is 1.58. The molecule has 1 aromatic carbocycles. The van der Waals surface area contributed by atoms with Gasteiger partial charge in [0, 0.05) is 28.5 Å². The molecule has 0 atom stereocenters. The highest BCUT2D eigenvalue weighted by Gasteiger charge is 2.07. The molecule has 0 radical (unpaired) electrons. The summed E-state index contributed by atoms with van der Waals surface area (Å²) in [5, 5.41) is 2.81. The normalized spacial score (nSPS) is 10.1. The number of benzene rings is 1. The fourth-order valence-corrected chi connectivity index (χ4v) is 1.90. The number of aromatic nitrogens is 1. The molecule has 1 heterocycles. The quantitative estimate of drug-likeness (QED) is 0.915. The molecule has 1 aromatic heterocycles. The average Bonchev–Trinajstić information content (AvgIpc) is 2.39. The number of carbonyl (C=O) groups is 1. The predicted molar refractivity (Wildman–Crippen MR) is 74.2 cm³/mol. The van der Waals surface area contributed by atoms with E-state index in [0.29, 0.717) is 17.8 Å².